The lowest BCUT2D eigenvalue weighted by molar-refractivity contribution is 0.975. The lowest BCUT2D eigenvalue weighted by atomic mass is 10.0. The lowest BCUT2D eigenvalue weighted by Gasteiger charge is -2.25. The molecule has 0 bridgehead atoms. The highest BCUT2D eigenvalue weighted by Crippen LogP contribution is 2.34. The number of nitrogens with zero attached hydrogens (tertiary/aromatic N) is 2. The molecule has 2 nitrogen and oxygen atoms in total. The molecule has 0 saturated heterocycles. The molecule has 8 aromatic rings. The second-order valence-corrected chi connectivity index (χ2v) is 13.1. The summed E-state index contributed by atoms with van der Waals surface area (Å²) in [6, 6.07) is 73.1. The fraction of sp³-hybridized carbons (Fsp3) is 0.0196. The molecule has 8 aromatic carbocycles. The molecule has 254 valence electrons. The quantitative estimate of drug-likeness (QED) is 0.125. The largest absolute Gasteiger partial charge is 0.337 e. The molecule has 0 heterocycles. The predicted molar refractivity (Wildman–Crippen MR) is 228 cm³/mol. The molecule has 0 spiro atoms. The van der Waals surface area contributed by atoms with Crippen molar-refractivity contribution in [3.05, 3.63) is 234 Å². The first-order chi connectivity index (χ1) is 26.2. The normalized spacial score (nSPS) is 11.3. The molecule has 0 unspecified atom stereocenters. The SMILES string of the molecule is C(=C\c1ccc2cc(/C=C/c3ccc(N(c4ccccc4)c4ccccc4)cc3)ccc2c1)/c1ccc(N(Cc2ccccc2)c2ccccc2)cc1. The van der Waals surface area contributed by atoms with Gasteiger partial charge in [0.15, 0.2) is 0 Å². The van der Waals surface area contributed by atoms with E-state index >= 15 is 0 Å². The minimum atomic E-state index is 0.810. The van der Waals surface area contributed by atoms with Crippen LogP contribution in [-0.4, -0.2) is 0 Å². The second-order valence-electron chi connectivity index (χ2n) is 13.1. The molecular formula is C51H40N2. The number of hydrogen-bond donors (Lipinski definition) is 0. The highest BCUT2D eigenvalue weighted by molar-refractivity contribution is 5.89. The summed E-state index contributed by atoms with van der Waals surface area (Å²) in [5, 5.41) is 2.45. The van der Waals surface area contributed by atoms with E-state index in [0.29, 0.717) is 0 Å². The van der Waals surface area contributed by atoms with Crippen LogP contribution in [0.5, 0.6) is 0 Å². The highest BCUT2D eigenvalue weighted by Gasteiger charge is 2.12. The minimum Gasteiger partial charge on any atom is -0.337 e. The van der Waals surface area contributed by atoms with Crippen LogP contribution in [0, 0.1) is 0 Å². The Morgan fingerprint density at radius 3 is 1.11 bits per heavy atom. The topological polar surface area (TPSA) is 6.48 Å². The molecule has 0 fully saturated rings. The molecule has 8 rings (SSSR count). The molecule has 0 N–H and O–H groups in total. The van der Waals surface area contributed by atoms with Crippen molar-refractivity contribution in [2.75, 3.05) is 9.80 Å². The Hall–Kier alpha value is -6.90. The van der Waals surface area contributed by atoms with Crippen molar-refractivity contribution in [1.82, 2.24) is 0 Å². The minimum absolute atomic E-state index is 0.810. The van der Waals surface area contributed by atoms with Gasteiger partial charge in [-0.2, -0.15) is 0 Å². The van der Waals surface area contributed by atoms with E-state index in [0.717, 1.165) is 29.2 Å². The summed E-state index contributed by atoms with van der Waals surface area (Å²) in [4.78, 5) is 4.64. The summed E-state index contributed by atoms with van der Waals surface area (Å²) in [6.45, 7) is 0.810. The maximum atomic E-state index is 2.36. The third-order valence-corrected chi connectivity index (χ3v) is 9.46. The van der Waals surface area contributed by atoms with E-state index in [1.54, 1.807) is 0 Å². The summed E-state index contributed by atoms with van der Waals surface area (Å²) in [5.41, 5.74) is 11.7. The summed E-state index contributed by atoms with van der Waals surface area (Å²) < 4.78 is 0. The molecule has 0 aliphatic heterocycles. The van der Waals surface area contributed by atoms with E-state index in [1.165, 1.54) is 44.4 Å². The van der Waals surface area contributed by atoms with Crippen LogP contribution in [0.4, 0.5) is 28.4 Å². The van der Waals surface area contributed by atoms with Crippen molar-refractivity contribution in [2.45, 2.75) is 6.54 Å². The van der Waals surface area contributed by atoms with Gasteiger partial charge in [0.05, 0.1) is 0 Å². The van der Waals surface area contributed by atoms with Crippen molar-refractivity contribution < 1.29 is 0 Å². The molecule has 0 saturated carbocycles. The van der Waals surface area contributed by atoms with Crippen molar-refractivity contribution in [3.8, 4) is 0 Å². The molecular weight excluding hydrogens is 641 g/mol. The van der Waals surface area contributed by atoms with Crippen LogP contribution < -0.4 is 9.80 Å². The van der Waals surface area contributed by atoms with Gasteiger partial charge in [0, 0.05) is 35.0 Å². The van der Waals surface area contributed by atoms with Gasteiger partial charge in [-0.3, -0.25) is 0 Å². The molecule has 0 aliphatic carbocycles. The molecule has 0 atom stereocenters. The Morgan fingerprint density at radius 1 is 0.302 bits per heavy atom. The predicted octanol–water partition coefficient (Wildman–Crippen LogP) is 14.0. The molecule has 0 radical (unpaired) electrons. The van der Waals surface area contributed by atoms with E-state index in [1.807, 2.05) is 0 Å². The number of rotatable bonds is 11. The molecule has 2 heteroatoms. The highest BCUT2D eigenvalue weighted by atomic mass is 15.1. The zero-order valence-corrected chi connectivity index (χ0v) is 29.5. The van der Waals surface area contributed by atoms with Crippen molar-refractivity contribution in [1.29, 1.82) is 0 Å². The first-order valence-corrected chi connectivity index (χ1v) is 18.1. The van der Waals surface area contributed by atoms with Crippen LogP contribution in [-0.2, 0) is 6.54 Å². The van der Waals surface area contributed by atoms with Crippen molar-refractivity contribution in [3.63, 3.8) is 0 Å². The maximum absolute atomic E-state index is 2.36. The van der Waals surface area contributed by atoms with E-state index in [2.05, 4.69) is 240 Å². The summed E-state index contributed by atoms with van der Waals surface area (Å²) in [7, 11) is 0. The zero-order valence-electron chi connectivity index (χ0n) is 29.5. The van der Waals surface area contributed by atoms with Gasteiger partial charge in [-0.1, -0.05) is 158 Å². The van der Waals surface area contributed by atoms with Gasteiger partial charge in [-0.25, -0.2) is 0 Å². The number of fused-ring (bicyclic) bond motifs is 1. The van der Waals surface area contributed by atoms with E-state index in [-0.39, 0.29) is 0 Å². The van der Waals surface area contributed by atoms with Gasteiger partial charge in [0.2, 0.25) is 0 Å². The van der Waals surface area contributed by atoms with Gasteiger partial charge in [0.25, 0.3) is 0 Å². The molecule has 0 aliphatic rings. The van der Waals surface area contributed by atoms with Crippen LogP contribution in [0.3, 0.4) is 0 Å². The van der Waals surface area contributed by atoms with Gasteiger partial charge in [0.1, 0.15) is 0 Å². The zero-order chi connectivity index (χ0) is 35.7. The number of para-hydroxylation sites is 3. The number of anilines is 5. The Morgan fingerprint density at radius 2 is 0.642 bits per heavy atom. The maximum Gasteiger partial charge on any atom is 0.0481 e. The van der Waals surface area contributed by atoms with E-state index in [4.69, 9.17) is 0 Å². The first-order valence-electron chi connectivity index (χ1n) is 18.1. The average Bonchev–Trinajstić information content (AvgIpc) is 3.23. The summed E-state index contributed by atoms with van der Waals surface area (Å²) in [6.07, 6.45) is 8.76. The van der Waals surface area contributed by atoms with Crippen LogP contribution in [0.15, 0.2) is 206 Å². The van der Waals surface area contributed by atoms with E-state index < -0.39 is 0 Å². The summed E-state index contributed by atoms with van der Waals surface area (Å²) in [5.74, 6) is 0. The third-order valence-electron chi connectivity index (χ3n) is 9.46. The average molecular weight is 681 g/mol. The lowest BCUT2D eigenvalue weighted by Crippen LogP contribution is -2.16. The Kier molecular flexibility index (Phi) is 10.0. The van der Waals surface area contributed by atoms with Crippen molar-refractivity contribution >= 4 is 63.5 Å². The second kappa shape index (κ2) is 16.0. The van der Waals surface area contributed by atoms with Gasteiger partial charge < -0.3 is 9.80 Å². The van der Waals surface area contributed by atoms with E-state index in [9.17, 15) is 0 Å². The van der Waals surface area contributed by atoms with Gasteiger partial charge >= 0.3 is 0 Å². The number of hydrogen-bond acceptors (Lipinski definition) is 2. The monoisotopic (exact) mass is 680 g/mol. The standard InChI is InChI=1S/C51H40N2/c1-5-13-44(14-6-1)39-52(47-15-7-2-8-16-47)48-33-27-40(28-34-48)21-23-42-25-31-46-38-43(26-32-45(46)37-42)24-22-41-29-35-51(36-30-41)53(49-17-9-3-10-18-49)50-19-11-4-12-20-50/h1-38H,39H2/b23-21+,24-22+. The van der Waals surface area contributed by atoms with Crippen LogP contribution in [0.25, 0.3) is 35.1 Å². The van der Waals surface area contributed by atoms with Crippen LogP contribution in [0.1, 0.15) is 27.8 Å². The fourth-order valence-electron chi connectivity index (χ4n) is 6.68. The smallest absolute Gasteiger partial charge is 0.0481 e. The Labute approximate surface area is 312 Å². The van der Waals surface area contributed by atoms with Gasteiger partial charge in [-0.15, -0.1) is 0 Å². The third kappa shape index (κ3) is 8.20. The molecule has 53 heavy (non-hydrogen) atoms. The van der Waals surface area contributed by atoms with Gasteiger partial charge in [-0.05, 0) is 111 Å². The first kappa shape index (κ1) is 33.3. The van der Waals surface area contributed by atoms with Crippen LogP contribution >= 0.6 is 0 Å². The Bertz CT molecular complexity index is 2390. The summed E-state index contributed by atoms with van der Waals surface area (Å²) >= 11 is 0. The van der Waals surface area contributed by atoms with Crippen LogP contribution in [0.2, 0.25) is 0 Å². The van der Waals surface area contributed by atoms with Crippen molar-refractivity contribution in [2.24, 2.45) is 0 Å². The molecule has 0 aromatic heterocycles. The molecule has 0 amide bonds. The Balaban J connectivity index is 0.943. The fourth-order valence-corrected chi connectivity index (χ4v) is 6.68. The number of benzene rings is 8.